The lowest BCUT2D eigenvalue weighted by Crippen LogP contribution is -2.26. The first kappa shape index (κ1) is 39.9. The second-order valence-electron chi connectivity index (χ2n) is 18.4. The largest absolute Gasteiger partial charge is 0.310 e. The van der Waals surface area contributed by atoms with Crippen molar-refractivity contribution in [2.24, 2.45) is 0 Å². The van der Waals surface area contributed by atoms with Crippen molar-refractivity contribution in [2.45, 2.75) is 5.41 Å². The Morgan fingerprint density at radius 2 is 0.743 bits per heavy atom. The minimum Gasteiger partial charge on any atom is -0.310 e. The first-order valence-electron chi connectivity index (χ1n) is 24.2. The summed E-state index contributed by atoms with van der Waals surface area (Å²) in [4.78, 5) is 4.93. The fraction of sp³-hybridized carbons (Fsp3) is 0.0149. The van der Waals surface area contributed by atoms with Crippen LogP contribution in [0.25, 0.3) is 60.9 Å². The van der Waals surface area contributed by atoms with Gasteiger partial charge < -0.3 is 14.4 Å². The standard InChI is InChI=1S/C67H45N3/c1-5-22-46(23-6-1)52-30-15-19-36-62(52)70(65-39-21-38-64-66(65)57-33-16-20-37-63(57)69(64)49-28-11-4-12-29-49)51-41-43-56-54-32-14-18-35-59(54)67(61(56)45-51)58-34-17-13-31-53(58)55-42-40-50(44-60(55)67)68(47-24-7-2-8-25-47)48-26-9-3-10-27-48/h1-45H. The Bertz CT molecular complexity index is 3900. The van der Waals surface area contributed by atoms with Gasteiger partial charge in [0.15, 0.2) is 0 Å². The monoisotopic (exact) mass is 891 g/mol. The van der Waals surface area contributed by atoms with E-state index in [9.17, 15) is 0 Å². The van der Waals surface area contributed by atoms with Gasteiger partial charge in [0.1, 0.15) is 0 Å². The van der Waals surface area contributed by atoms with Crippen LogP contribution in [0.5, 0.6) is 0 Å². The minimum atomic E-state index is -0.608. The van der Waals surface area contributed by atoms with Gasteiger partial charge in [-0.15, -0.1) is 0 Å². The smallest absolute Gasteiger partial charge is 0.0727 e. The van der Waals surface area contributed by atoms with Crippen molar-refractivity contribution in [3.63, 3.8) is 0 Å². The molecule has 2 aliphatic rings. The molecule has 1 heterocycles. The van der Waals surface area contributed by atoms with Crippen molar-refractivity contribution >= 4 is 55.9 Å². The van der Waals surface area contributed by atoms with Gasteiger partial charge in [-0.1, -0.05) is 188 Å². The zero-order valence-corrected chi connectivity index (χ0v) is 38.3. The van der Waals surface area contributed by atoms with Crippen LogP contribution in [0.15, 0.2) is 273 Å². The predicted molar refractivity (Wildman–Crippen MR) is 292 cm³/mol. The van der Waals surface area contributed by atoms with Crippen molar-refractivity contribution in [1.82, 2.24) is 4.57 Å². The van der Waals surface area contributed by atoms with Gasteiger partial charge in [-0.2, -0.15) is 0 Å². The molecule has 3 heteroatoms. The van der Waals surface area contributed by atoms with E-state index in [1.54, 1.807) is 0 Å². The van der Waals surface area contributed by atoms with Crippen LogP contribution in [-0.2, 0) is 5.41 Å². The third kappa shape index (κ3) is 5.88. The molecular formula is C67H45N3. The molecule has 1 spiro atoms. The molecule has 0 amide bonds. The summed E-state index contributed by atoms with van der Waals surface area (Å²) in [6.07, 6.45) is 0. The van der Waals surface area contributed by atoms with Crippen LogP contribution in [-0.4, -0.2) is 4.57 Å². The Kier molecular flexibility index (Phi) is 9.11. The molecule has 0 N–H and O–H groups in total. The van der Waals surface area contributed by atoms with E-state index in [-0.39, 0.29) is 0 Å². The average Bonchev–Trinajstić information content (AvgIpc) is 4.04. The third-order valence-electron chi connectivity index (χ3n) is 14.8. The molecule has 3 nitrogen and oxygen atoms in total. The van der Waals surface area contributed by atoms with Gasteiger partial charge in [0.25, 0.3) is 0 Å². The first-order valence-corrected chi connectivity index (χ1v) is 24.2. The van der Waals surface area contributed by atoms with E-state index in [0.29, 0.717) is 0 Å². The predicted octanol–water partition coefficient (Wildman–Crippen LogP) is 17.7. The van der Waals surface area contributed by atoms with Crippen LogP contribution >= 0.6 is 0 Å². The van der Waals surface area contributed by atoms with Gasteiger partial charge in [0, 0.05) is 44.8 Å². The summed E-state index contributed by atoms with van der Waals surface area (Å²) in [5.74, 6) is 0. The first-order chi connectivity index (χ1) is 34.8. The Hall–Kier alpha value is -9.18. The summed E-state index contributed by atoms with van der Waals surface area (Å²) in [6.45, 7) is 0. The van der Waals surface area contributed by atoms with E-state index in [0.717, 1.165) is 50.9 Å². The molecular weight excluding hydrogens is 847 g/mol. The van der Waals surface area contributed by atoms with Crippen LogP contribution in [0.4, 0.5) is 34.1 Å². The second kappa shape index (κ2) is 16.0. The highest BCUT2D eigenvalue weighted by Crippen LogP contribution is 2.64. The number of rotatable bonds is 8. The van der Waals surface area contributed by atoms with Crippen molar-refractivity contribution in [2.75, 3.05) is 9.80 Å². The third-order valence-corrected chi connectivity index (χ3v) is 14.8. The molecule has 1 aromatic heterocycles. The van der Waals surface area contributed by atoms with Gasteiger partial charge in [-0.25, -0.2) is 0 Å². The highest BCUT2D eigenvalue weighted by Gasteiger charge is 2.52. The van der Waals surface area contributed by atoms with E-state index in [4.69, 9.17) is 0 Å². The summed E-state index contributed by atoms with van der Waals surface area (Å²) in [5, 5.41) is 2.41. The number of anilines is 6. The number of benzene rings is 11. The van der Waals surface area contributed by atoms with Crippen LogP contribution in [0, 0.1) is 0 Å². The van der Waals surface area contributed by atoms with Crippen molar-refractivity contribution in [3.05, 3.63) is 295 Å². The molecule has 0 saturated carbocycles. The summed E-state index contributed by atoms with van der Waals surface area (Å²) in [5.41, 5.74) is 22.1. The highest BCUT2D eigenvalue weighted by molar-refractivity contribution is 6.17. The molecule has 11 aromatic carbocycles. The molecule has 328 valence electrons. The average molecular weight is 892 g/mol. The number of aromatic nitrogens is 1. The normalized spacial score (nSPS) is 14.1. The number of hydrogen-bond acceptors (Lipinski definition) is 2. The van der Waals surface area contributed by atoms with Crippen LogP contribution in [0.1, 0.15) is 22.3 Å². The minimum absolute atomic E-state index is 0.608. The highest BCUT2D eigenvalue weighted by atomic mass is 15.2. The van der Waals surface area contributed by atoms with Crippen molar-refractivity contribution < 1.29 is 0 Å². The summed E-state index contributed by atoms with van der Waals surface area (Å²) < 4.78 is 2.42. The molecule has 0 saturated heterocycles. The van der Waals surface area contributed by atoms with E-state index >= 15 is 0 Å². The fourth-order valence-corrected chi connectivity index (χ4v) is 12.0. The molecule has 0 bridgehead atoms. The SMILES string of the molecule is c1ccc(-c2ccccc2N(c2ccc3c(c2)C2(c4ccccc4-c4ccc(N(c5ccccc5)c5ccccc5)cc42)c2ccccc2-3)c2cccc3c2c2ccccc2n3-c2ccccc2)cc1. The van der Waals surface area contributed by atoms with Crippen molar-refractivity contribution in [3.8, 4) is 39.1 Å². The Labute approximate surface area is 408 Å². The Balaban J connectivity index is 1.06. The lowest BCUT2D eigenvalue weighted by Gasteiger charge is -2.34. The van der Waals surface area contributed by atoms with Crippen LogP contribution < -0.4 is 9.80 Å². The molecule has 0 aliphatic heterocycles. The van der Waals surface area contributed by atoms with Crippen LogP contribution in [0.2, 0.25) is 0 Å². The summed E-state index contributed by atoms with van der Waals surface area (Å²) in [7, 11) is 0. The molecule has 1 unspecified atom stereocenters. The quantitative estimate of drug-likeness (QED) is 0.151. The van der Waals surface area contributed by atoms with E-state index in [1.165, 1.54) is 66.4 Å². The number of hydrogen-bond donors (Lipinski definition) is 0. The summed E-state index contributed by atoms with van der Waals surface area (Å²) in [6, 6.07) is 100. The van der Waals surface area contributed by atoms with E-state index in [1.807, 2.05) is 0 Å². The van der Waals surface area contributed by atoms with Gasteiger partial charge in [-0.3, -0.25) is 0 Å². The molecule has 0 fully saturated rings. The molecule has 0 radical (unpaired) electrons. The van der Waals surface area contributed by atoms with E-state index < -0.39 is 5.41 Å². The molecule has 12 aromatic rings. The zero-order valence-electron chi connectivity index (χ0n) is 38.3. The van der Waals surface area contributed by atoms with Crippen molar-refractivity contribution in [1.29, 1.82) is 0 Å². The van der Waals surface area contributed by atoms with E-state index in [2.05, 4.69) is 287 Å². The van der Waals surface area contributed by atoms with Gasteiger partial charge in [-0.05, 0) is 135 Å². The van der Waals surface area contributed by atoms with Gasteiger partial charge >= 0.3 is 0 Å². The summed E-state index contributed by atoms with van der Waals surface area (Å²) >= 11 is 0. The van der Waals surface area contributed by atoms with Gasteiger partial charge in [0.05, 0.1) is 27.8 Å². The maximum Gasteiger partial charge on any atom is 0.0727 e. The second-order valence-corrected chi connectivity index (χ2v) is 18.4. The topological polar surface area (TPSA) is 11.4 Å². The zero-order chi connectivity index (χ0) is 46.2. The maximum atomic E-state index is 2.54. The molecule has 14 rings (SSSR count). The lowest BCUT2D eigenvalue weighted by molar-refractivity contribution is 0.793. The van der Waals surface area contributed by atoms with Gasteiger partial charge in [0.2, 0.25) is 0 Å². The molecule has 70 heavy (non-hydrogen) atoms. The lowest BCUT2D eigenvalue weighted by atomic mass is 9.70. The number of fused-ring (bicyclic) bond motifs is 13. The Morgan fingerprint density at radius 3 is 1.37 bits per heavy atom. The fourth-order valence-electron chi connectivity index (χ4n) is 12.0. The number of nitrogens with zero attached hydrogens (tertiary/aromatic N) is 3. The Morgan fingerprint density at radius 1 is 0.286 bits per heavy atom. The molecule has 2 aliphatic carbocycles. The van der Waals surface area contributed by atoms with Crippen LogP contribution in [0.3, 0.4) is 0 Å². The molecule has 1 atom stereocenters. The maximum absolute atomic E-state index is 2.54. The number of para-hydroxylation sites is 5.